The van der Waals surface area contributed by atoms with Gasteiger partial charge in [-0.2, -0.15) is 0 Å². The van der Waals surface area contributed by atoms with Crippen LogP contribution >= 0.6 is 0 Å². The average molecular weight is 261 g/mol. The van der Waals surface area contributed by atoms with Crippen molar-refractivity contribution in [3.05, 3.63) is 64.1 Å². The number of nitrogens with one attached hydrogen (secondary N) is 1. The fraction of sp³-hybridized carbons (Fsp3) is 0.154. The summed E-state index contributed by atoms with van der Waals surface area (Å²) >= 11 is 0. The SMILES string of the molecule is CC(Nc1cccnc1[N+](=O)[O-])c1ccc(F)cc1. The molecule has 0 amide bonds. The molecule has 0 spiro atoms. The first-order valence-electron chi connectivity index (χ1n) is 5.69. The average Bonchev–Trinajstić information content (AvgIpc) is 2.39. The zero-order chi connectivity index (χ0) is 13.8. The van der Waals surface area contributed by atoms with Crippen LogP contribution < -0.4 is 5.32 Å². The summed E-state index contributed by atoms with van der Waals surface area (Å²) in [5, 5.41) is 13.8. The van der Waals surface area contributed by atoms with Crippen molar-refractivity contribution in [2.24, 2.45) is 0 Å². The minimum atomic E-state index is -0.542. The molecule has 1 atom stereocenters. The second-order valence-electron chi connectivity index (χ2n) is 4.05. The lowest BCUT2D eigenvalue weighted by Gasteiger charge is -2.15. The van der Waals surface area contributed by atoms with Gasteiger partial charge in [-0.25, -0.2) is 4.39 Å². The van der Waals surface area contributed by atoms with E-state index in [1.807, 2.05) is 6.92 Å². The van der Waals surface area contributed by atoms with Crippen LogP contribution in [0.1, 0.15) is 18.5 Å². The molecule has 98 valence electrons. The van der Waals surface area contributed by atoms with Gasteiger partial charge in [-0.1, -0.05) is 12.1 Å². The van der Waals surface area contributed by atoms with Crippen LogP contribution in [0.2, 0.25) is 0 Å². The van der Waals surface area contributed by atoms with E-state index in [-0.39, 0.29) is 17.7 Å². The van der Waals surface area contributed by atoms with Crippen LogP contribution in [0.25, 0.3) is 0 Å². The number of aromatic nitrogens is 1. The standard InChI is InChI=1S/C13H12FN3O2/c1-9(10-4-6-11(14)7-5-10)16-12-3-2-8-15-13(12)17(18)19/h2-9,16H,1H3. The van der Waals surface area contributed by atoms with Crippen molar-refractivity contribution in [2.45, 2.75) is 13.0 Å². The van der Waals surface area contributed by atoms with Gasteiger partial charge in [0.25, 0.3) is 0 Å². The maximum atomic E-state index is 12.8. The predicted molar refractivity (Wildman–Crippen MR) is 69.3 cm³/mol. The summed E-state index contributed by atoms with van der Waals surface area (Å²) in [6.07, 6.45) is 1.37. The Morgan fingerprint density at radius 3 is 2.63 bits per heavy atom. The third-order valence-corrected chi connectivity index (χ3v) is 2.70. The highest BCUT2D eigenvalue weighted by Gasteiger charge is 2.16. The number of nitrogens with zero attached hydrogens (tertiary/aromatic N) is 2. The first-order valence-corrected chi connectivity index (χ1v) is 5.69. The van der Waals surface area contributed by atoms with Crippen molar-refractivity contribution in [1.29, 1.82) is 0 Å². The summed E-state index contributed by atoms with van der Waals surface area (Å²) in [7, 11) is 0. The van der Waals surface area contributed by atoms with E-state index in [4.69, 9.17) is 0 Å². The Balaban J connectivity index is 2.21. The highest BCUT2D eigenvalue weighted by molar-refractivity contribution is 5.57. The van der Waals surface area contributed by atoms with Crippen LogP contribution in [0.15, 0.2) is 42.6 Å². The Bertz CT molecular complexity index is 587. The van der Waals surface area contributed by atoms with Gasteiger partial charge in [0.05, 0.1) is 0 Å². The van der Waals surface area contributed by atoms with Gasteiger partial charge < -0.3 is 15.4 Å². The van der Waals surface area contributed by atoms with E-state index in [0.717, 1.165) is 5.56 Å². The number of hydrogen-bond donors (Lipinski definition) is 1. The summed E-state index contributed by atoms with van der Waals surface area (Å²) in [6, 6.07) is 8.99. The molecule has 2 rings (SSSR count). The second kappa shape index (κ2) is 5.43. The molecule has 1 aromatic heterocycles. The molecule has 0 aliphatic carbocycles. The minimum Gasteiger partial charge on any atom is -0.372 e. The van der Waals surface area contributed by atoms with Gasteiger partial charge in [0.15, 0.2) is 0 Å². The molecular weight excluding hydrogens is 249 g/mol. The fourth-order valence-corrected chi connectivity index (χ4v) is 1.72. The van der Waals surface area contributed by atoms with Crippen LogP contribution in [-0.2, 0) is 0 Å². The zero-order valence-electron chi connectivity index (χ0n) is 10.2. The largest absolute Gasteiger partial charge is 0.386 e. The highest BCUT2D eigenvalue weighted by Crippen LogP contribution is 2.25. The minimum absolute atomic E-state index is 0.191. The van der Waals surface area contributed by atoms with Gasteiger partial charge in [-0.15, -0.1) is 0 Å². The normalized spacial score (nSPS) is 11.9. The van der Waals surface area contributed by atoms with Gasteiger partial charge in [0, 0.05) is 6.04 Å². The van der Waals surface area contributed by atoms with E-state index in [2.05, 4.69) is 10.3 Å². The van der Waals surface area contributed by atoms with Crippen LogP contribution in [0.5, 0.6) is 0 Å². The van der Waals surface area contributed by atoms with Crippen LogP contribution in [0.3, 0.4) is 0 Å². The highest BCUT2D eigenvalue weighted by atomic mass is 19.1. The molecule has 0 bridgehead atoms. The lowest BCUT2D eigenvalue weighted by atomic mass is 10.1. The molecule has 0 fully saturated rings. The topological polar surface area (TPSA) is 68.1 Å². The Labute approximate surface area is 109 Å². The maximum Gasteiger partial charge on any atom is 0.386 e. The number of anilines is 1. The molecule has 1 heterocycles. The van der Waals surface area contributed by atoms with Crippen LogP contribution in [0.4, 0.5) is 15.9 Å². The number of rotatable bonds is 4. The number of pyridine rings is 1. The third-order valence-electron chi connectivity index (χ3n) is 2.70. The first-order chi connectivity index (χ1) is 9.08. The van der Waals surface area contributed by atoms with Crippen molar-refractivity contribution in [3.63, 3.8) is 0 Å². The van der Waals surface area contributed by atoms with Crippen LogP contribution in [-0.4, -0.2) is 9.91 Å². The van der Waals surface area contributed by atoms with Gasteiger partial charge in [-0.3, -0.25) is 0 Å². The molecular formula is C13H12FN3O2. The van der Waals surface area contributed by atoms with E-state index < -0.39 is 4.92 Å². The van der Waals surface area contributed by atoms with Gasteiger partial charge >= 0.3 is 5.82 Å². The Morgan fingerprint density at radius 1 is 1.32 bits per heavy atom. The van der Waals surface area contributed by atoms with E-state index >= 15 is 0 Å². The number of nitro groups is 1. The molecule has 1 aromatic carbocycles. The summed E-state index contributed by atoms with van der Waals surface area (Å²) < 4.78 is 12.8. The van der Waals surface area contributed by atoms with E-state index in [9.17, 15) is 14.5 Å². The first kappa shape index (κ1) is 12.9. The lowest BCUT2D eigenvalue weighted by Crippen LogP contribution is -2.09. The Morgan fingerprint density at radius 2 is 2.00 bits per heavy atom. The molecule has 19 heavy (non-hydrogen) atoms. The summed E-state index contributed by atoms with van der Waals surface area (Å²) in [6.45, 7) is 1.84. The second-order valence-corrected chi connectivity index (χ2v) is 4.05. The molecule has 0 aliphatic rings. The van der Waals surface area contributed by atoms with Crippen molar-refractivity contribution >= 4 is 11.5 Å². The van der Waals surface area contributed by atoms with Gasteiger partial charge in [0.2, 0.25) is 0 Å². The number of halogens is 1. The quantitative estimate of drug-likeness (QED) is 0.677. The summed E-state index contributed by atoms with van der Waals surface area (Å²) in [5.74, 6) is -0.542. The van der Waals surface area contributed by atoms with Gasteiger partial charge in [-0.05, 0) is 46.7 Å². The molecule has 6 heteroatoms. The molecule has 0 saturated heterocycles. The molecule has 1 unspecified atom stereocenters. The van der Waals surface area contributed by atoms with Crippen molar-refractivity contribution < 1.29 is 9.31 Å². The molecule has 5 nitrogen and oxygen atoms in total. The van der Waals surface area contributed by atoms with Gasteiger partial charge in [0.1, 0.15) is 17.7 Å². The Kier molecular flexibility index (Phi) is 3.70. The molecule has 0 aliphatic heterocycles. The van der Waals surface area contributed by atoms with Crippen molar-refractivity contribution in [1.82, 2.24) is 4.98 Å². The number of hydrogen-bond acceptors (Lipinski definition) is 4. The molecule has 2 aromatic rings. The van der Waals surface area contributed by atoms with Crippen molar-refractivity contribution in [3.8, 4) is 0 Å². The zero-order valence-corrected chi connectivity index (χ0v) is 10.2. The summed E-state index contributed by atoms with van der Waals surface area (Å²) in [5.41, 5.74) is 1.17. The smallest absolute Gasteiger partial charge is 0.372 e. The predicted octanol–water partition coefficient (Wildman–Crippen LogP) is 3.30. The molecule has 0 saturated carbocycles. The van der Waals surface area contributed by atoms with E-state index in [0.29, 0.717) is 5.69 Å². The maximum absolute atomic E-state index is 12.8. The number of benzene rings is 1. The summed E-state index contributed by atoms with van der Waals surface area (Å²) in [4.78, 5) is 14.0. The Hall–Kier alpha value is -2.50. The fourth-order valence-electron chi connectivity index (χ4n) is 1.72. The molecule has 1 N–H and O–H groups in total. The van der Waals surface area contributed by atoms with Crippen LogP contribution in [0, 0.1) is 15.9 Å². The third kappa shape index (κ3) is 3.04. The van der Waals surface area contributed by atoms with E-state index in [1.165, 1.54) is 18.3 Å². The van der Waals surface area contributed by atoms with Crippen molar-refractivity contribution in [2.75, 3.05) is 5.32 Å². The lowest BCUT2D eigenvalue weighted by molar-refractivity contribution is -0.388. The monoisotopic (exact) mass is 261 g/mol. The molecule has 0 radical (unpaired) electrons. The van der Waals surface area contributed by atoms with E-state index in [1.54, 1.807) is 24.3 Å².